The molecule has 1 aromatic carbocycles. The zero-order valence-electron chi connectivity index (χ0n) is 16.8. The Hall–Kier alpha value is -2.14. The molecule has 10 heteroatoms. The van der Waals surface area contributed by atoms with Crippen LogP contribution in [0, 0.1) is 5.82 Å². The van der Waals surface area contributed by atoms with Gasteiger partial charge >= 0.3 is 0 Å². The van der Waals surface area contributed by atoms with Crippen LogP contribution in [0.5, 0.6) is 0 Å². The van der Waals surface area contributed by atoms with E-state index in [-0.39, 0.29) is 23.9 Å². The fourth-order valence-corrected chi connectivity index (χ4v) is 4.85. The van der Waals surface area contributed by atoms with Gasteiger partial charge in [0.15, 0.2) is 10.8 Å². The van der Waals surface area contributed by atoms with Crippen molar-refractivity contribution in [2.75, 3.05) is 26.2 Å². The van der Waals surface area contributed by atoms with E-state index >= 15 is 0 Å². The molecule has 0 spiro atoms. The van der Waals surface area contributed by atoms with E-state index in [1.165, 1.54) is 23.5 Å². The van der Waals surface area contributed by atoms with Gasteiger partial charge in [0, 0.05) is 47.8 Å². The molecule has 0 saturated carbocycles. The molecule has 7 nitrogen and oxygen atoms in total. The van der Waals surface area contributed by atoms with Crippen LogP contribution in [0.25, 0.3) is 0 Å². The smallest absolute Gasteiger partial charge is 0.217 e. The van der Waals surface area contributed by atoms with Crippen molar-refractivity contribution >= 4 is 39.0 Å². The molecule has 0 bridgehead atoms. The molecule has 1 amide bonds. The molecule has 2 atom stereocenters. The summed E-state index contributed by atoms with van der Waals surface area (Å²) >= 11 is 4.98. The highest BCUT2D eigenvalue weighted by molar-refractivity contribution is 9.10. The van der Waals surface area contributed by atoms with Crippen LogP contribution in [0.1, 0.15) is 29.5 Å². The molecule has 3 N–H and O–H groups in total. The second-order valence-electron chi connectivity index (χ2n) is 7.48. The van der Waals surface area contributed by atoms with Gasteiger partial charge in [-0.1, -0.05) is 22.0 Å². The molecule has 3 heterocycles. The third-order valence-corrected chi connectivity index (χ3v) is 6.62. The second-order valence-corrected chi connectivity index (χ2v) is 9.22. The quantitative estimate of drug-likeness (QED) is 0.600. The summed E-state index contributed by atoms with van der Waals surface area (Å²) in [5.74, 6) is 0.0925. The van der Waals surface area contributed by atoms with Crippen LogP contribution in [-0.4, -0.2) is 54.0 Å². The summed E-state index contributed by atoms with van der Waals surface area (Å²) in [7, 11) is 0. The Morgan fingerprint density at radius 2 is 2.32 bits per heavy atom. The summed E-state index contributed by atoms with van der Waals surface area (Å²) in [6.07, 6.45) is 4.73. The Labute approximate surface area is 192 Å². The molecule has 0 aliphatic carbocycles. The van der Waals surface area contributed by atoms with E-state index in [1.54, 1.807) is 12.3 Å². The number of amides is 1. The van der Waals surface area contributed by atoms with Gasteiger partial charge < -0.3 is 15.8 Å². The number of carbonyl (C=O) groups excluding carboxylic acids is 1. The van der Waals surface area contributed by atoms with Gasteiger partial charge in [-0.2, -0.15) is 0 Å². The fraction of sp³-hybridized carbons (Fsp3) is 0.381. The van der Waals surface area contributed by atoms with E-state index in [1.807, 2.05) is 5.38 Å². The lowest BCUT2D eigenvalue weighted by Crippen LogP contribution is -2.45. The summed E-state index contributed by atoms with van der Waals surface area (Å²) in [5.41, 5.74) is 7.16. The number of primary amides is 1. The van der Waals surface area contributed by atoms with Gasteiger partial charge in [0.05, 0.1) is 18.8 Å². The molecular formula is C21H23BrFN5O2S. The largest absolute Gasteiger partial charge is 0.376 e. The first kappa shape index (κ1) is 22.1. The first-order chi connectivity index (χ1) is 15.0. The Bertz CT molecular complexity index is 998. The monoisotopic (exact) mass is 507 g/mol. The number of nitrogens with zero attached hydrogens (tertiary/aromatic N) is 3. The standard InChI is InChI=1S/C21H23BrFN5O2S/c22-17-9-13(23)1-3-16(17)18-10-14(26-20(27-18)21-25-5-8-31-21)11-28-6-7-30-15(12-28)2-4-19(24)29/h1,3,5,8-10,15,18H,2,4,6-7,11-12H2,(H2,24,29)(H,26,27). The van der Waals surface area contributed by atoms with Crippen LogP contribution in [-0.2, 0) is 9.53 Å². The van der Waals surface area contributed by atoms with Gasteiger partial charge in [0.2, 0.25) is 5.91 Å². The van der Waals surface area contributed by atoms with Crippen molar-refractivity contribution < 1.29 is 13.9 Å². The van der Waals surface area contributed by atoms with Crippen molar-refractivity contribution in [3.8, 4) is 0 Å². The summed E-state index contributed by atoms with van der Waals surface area (Å²) in [6.45, 7) is 2.80. The van der Waals surface area contributed by atoms with Crippen LogP contribution in [0.3, 0.4) is 0 Å². The number of hydrogen-bond donors (Lipinski definition) is 2. The van der Waals surface area contributed by atoms with Crippen molar-refractivity contribution in [1.29, 1.82) is 0 Å². The Morgan fingerprint density at radius 1 is 1.45 bits per heavy atom. The van der Waals surface area contributed by atoms with Gasteiger partial charge in [-0.25, -0.2) is 9.37 Å². The Morgan fingerprint density at radius 3 is 3.06 bits per heavy atom. The molecule has 164 valence electrons. The predicted molar refractivity (Wildman–Crippen MR) is 121 cm³/mol. The molecule has 1 fully saturated rings. The zero-order valence-corrected chi connectivity index (χ0v) is 19.2. The van der Waals surface area contributed by atoms with Crippen LogP contribution in [0.4, 0.5) is 4.39 Å². The highest BCUT2D eigenvalue weighted by atomic mass is 79.9. The van der Waals surface area contributed by atoms with Gasteiger partial charge in [0.1, 0.15) is 5.82 Å². The molecule has 31 heavy (non-hydrogen) atoms. The minimum Gasteiger partial charge on any atom is -0.376 e. The van der Waals surface area contributed by atoms with Crippen LogP contribution in [0.15, 0.2) is 51.0 Å². The number of rotatable bonds is 7. The number of benzene rings is 1. The zero-order chi connectivity index (χ0) is 21.8. The highest BCUT2D eigenvalue weighted by Gasteiger charge is 2.25. The van der Waals surface area contributed by atoms with E-state index < -0.39 is 0 Å². The maximum Gasteiger partial charge on any atom is 0.217 e. The van der Waals surface area contributed by atoms with Gasteiger partial charge in [-0.05, 0) is 30.2 Å². The molecule has 0 radical (unpaired) electrons. The summed E-state index contributed by atoms with van der Waals surface area (Å²) in [4.78, 5) is 22.6. The lowest BCUT2D eigenvalue weighted by molar-refractivity contribution is -0.119. The minimum absolute atomic E-state index is 0.0143. The average molecular weight is 508 g/mol. The van der Waals surface area contributed by atoms with Crippen LogP contribution >= 0.6 is 27.3 Å². The predicted octanol–water partition coefficient (Wildman–Crippen LogP) is 2.99. The van der Waals surface area contributed by atoms with Crippen LogP contribution in [0.2, 0.25) is 0 Å². The molecule has 1 aromatic heterocycles. The number of carbonyl (C=O) groups is 1. The number of aliphatic imine (C=N–C) groups is 1. The Kier molecular flexibility index (Phi) is 7.11. The van der Waals surface area contributed by atoms with Crippen molar-refractivity contribution in [2.45, 2.75) is 25.0 Å². The maximum atomic E-state index is 13.6. The maximum absolute atomic E-state index is 13.6. The number of halogens is 2. The van der Waals surface area contributed by atoms with Gasteiger partial charge in [-0.3, -0.25) is 14.7 Å². The number of nitrogens with one attached hydrogen (secondary N) is 1. The highest BCUT2D eigenvalue weighted by Crippen LogP contribution is 2.31. The molecular weight excluding hydrogens is 485 g/mol. The van der Waals surface area contributed by atoms with E-state index in [4.69, 9.17) is 15.5 Å². The first-order valence-corrected chi connectivity index (χ1v) is 11.7. The van der Waals surface area contributed by atoms with E-state index in [2.05, 4.69) is 37.2 Å². The number of aromatic nitrogens is 1. The van der Waals surface area contributed by atoms with Crippen LogP contribution < -0.4 is 11.1 Å². The summed E-state index contributed by atoms with van der Waals surface area (Å²) < 4.78 is 20.1. The van der Waals surface area contributed by atoms with Gasteiger partial charge in [0.25, 0.3) is 0 Å². The minimum atomic E-state index is -0.311. The normalized spacial score (nSPS) is 21.9. The molecule has 2 unspecified atom stereocenters. The number of amidine groups is 1. The second kappa shape index (κ2) is 9.99. The topological polar surface area (TPSA) is 92.8 Å². The number of hydrogen-bond acceptors (Lipinski definition) is 7. The first-order valence-electron chi connectivity index (χ1n) is 10.0. The molecule has 2 aliphatic heterocycles. The van der Waals surface area contributed by atoms with Crippen molar-refractivity contribution in [1.82, 2.24) is 15.2 Å². The van der Waals surface area contributed by atoms with Gasteiger partial charge in [-0.15, -0.1) is 11.3 Å². The van der Waals surface area contributed by atoms with E-state index in [9.17, 15) is 9.18 Å². The number of nitrogens with two attached hydrogens (primary N) is 1. The lowest BCUT2D eigenvalue weighted by atomic mass is 10.0. The molecule has 4 rings (SSSR count). The number of ether oxygens (including phenoxy) is 1. The number of thiazole rings is 1. The fourth-order valence-electron chi connectivity index (χ4n) is 3.68. The summed E-state index contributed by atoms with van der Waals surface area (Å²) in [6, 6.07) is 4.38. The number of morpholine rings is 1. The SMILES string of the molecule is NC(=O)CCC1CN(CC2=CC(c3ccc(F)cc3Br)N=C(c3nccs3)N2)CCO1. The van der Waals surface area contributed by atoms with Crippen molar-refractivity contribution in [2.24, 2.45) is 10.7 Å². The Balaban J connectivity index is 1.53. The molecule has 1 saturated heterocycles. The third kappa shape index (κ3) is 5.76. The van der Waals surface area contributed by atoms with E-state index in [0.717, 1.165) is 29.4 Å². The summed E-state index contributed by atoms with van der Waals surface area (Å²) in [5, 5.41) is 6.12. The van der Waals surface area contributed by atoms with Crippen molar-refractivity contribution in [3.05, 3.63) is 62.4 Å². The molecule has 2 aliphatic rings. The molecule has 2 aromatic rings. The third-order valence-electron chi connectivity index (χ3n) is 5.15. The average Bonchev–Trinajstić information content (AvgIpc) is 3.27. The van der Waals surface area contributed by atoms with Crippen molar-refractivity contribution in [3.63, 3.8) is 0 Å². The lowest BCUT2D eigenvalue weighted by Gasteiger charge is -2.34. The van der Waals surface area contributed by atoms with E-state index in [0.29, 0.717) is 36.3 Å².